The lowest BCUT2D eigenvalue weighted by Crippen LogP contribution is -1.83. The third kappa shape index (κ3) is 2.26. The van der Waals surface area contributed by atoms with Crippen LogP contribution in [-0.4, -0.2) is 25.3 Å². The zero-order valence-electron chi connectivity index (χ0n) is 11.5. The zero-order valence-corrected chi connectivity index (χ0v) is 11.5. The van der Waals surface area contributed by atoms with E-state index in [4.69, 9.17) is 4.52 Å². The second-order valence-corrected chi connectivity index (χ2v) is 4.71. The molecule has 6 nitrogen and oxygen atoms in total. The van der Waals surface area contributed by atoms with Crippen LogP contribution in [0.1, 0.15) is 0 Å². The molecular weight excluding hydrogens is 278 g/mol. The number of benzene rings is 1. The summed E-state index contributed by atoms with van der Waals surface area (Å²) in [6.45, 7) is 0. The molecule has 1 N–H and O–H groups in total. The number of aromatic amines is 1. The van der Waals surface area contributed by atoms with Gasteiger partial charge in [0, 0.05) is 35.3 Å². The van der Waals surface area contributed by atoms with Crippen molar-refractivity contribution in [2.75, 3.05) is 0 Å². The van der Waals surface area contributed by atoms with E-state index in [0.717, 1.165) is 22.4 Å². The quantitative estimate of drug-likeness (QED) is 0.626. The van der Waals surface area contributed by atoms with E-state index in [0.29, 0.717) is 11.7 Å². The van der Waals surface area contributed by atoms with E-state index in [1.54, 1.807) is 18.6 Å². The summed E-state index contributed by atoms with van der Waals surface area (Å²) >= 11 is 0. The maximum absolute atomic E-state index is 5.36. The highest BCUT2D eigenvalue weighted by Crippen LogP contribution is 2.25. The summed E-state index contributed by atoms with van der Waals surface area (Å²) < 4.78 is 5.36. The second kappa shape index (κ2) is 5.25. The Morgan fingerprint density at radius 2 is 1.86 bits per heavy atom. The van der Waals surface area contributed by atoms with Crippen molar-refractivity contribution < 1.29 is 4.52 Å². The average molecular weight is 289 g/mol. The molecule has 0 aliphatic heterocycles. The van der Waals surface area contributed by atoms with Crippen molar-refractivity contribution in [2.45, 2.75) is 0 Å². The van der Waals surface area contributed by atoms with E-state index in [1.807, 2.05) is 42.5 Å². The summed E-state index contributed by atoms with van der Waals surface area (Å²) in [6, 6.07) is 13.5. The standard InChI is InChI=1S/C16H11N5O/c1-3-11(14-6-8-18-20-14)9-12(4-1)16-19-15(21-22-16)13-5-2-7-17-10-13/h1-10H,(H,18,20). The molecule has 0 atom stereocenters. The van der Waals surface area contributed by atoms with Gasteiger partial charge >= 0.3 is 0 Å². The minimum absolute atomic E-state index is 0.469. The van der Waals surface area contributed by atoms with Gasteiger partial charge in [0.15, 0.2) is 0 Å². The maximum Gasteiger partial charge on any atom is 0.258 e. The molecule has 106 valence electrons. The van der Waals surface area contributed by atoms with Crippen LogP contribution in [0.25, 0.3) is 34.1 Å². The van der Waals surface area contributed by atoms with Crippen molar-refractivity contribution in [3.05, 3.63) is 61.1 Å². The van der Waals surface area contributed by atoms with Crippen molar-refractivity contribution in [3.63, 3.8) is 0 Å². The Labute approximate surface area is 125 Å². The van der Waals surface area contributed by atoms with Crippen LogP contribution in [0, 0.1) is 0 Å². The van der Waals surface area contributed by atoms with Crippen LogP contribution >= 0.6 is 0 Å². The van der Waals surface area contributed by atoms with Crippen molar-refractivity contribution in [3.8, 4) is 34.1 Å². The number of nitrogens with zero attached hydrogens (tertiary/aromatic N) is 4. The normalized spacial score (nSPS) is 10.7. The maximum atomic E-state index is 5.36. The minimum Gasteiger partial charge on any atom is -0.334 e. The lowest BCUT2D eigenvalue weighted by Gasteiger charge is -1.98. The number of rotatable bonds is 3. The van der Waals surface area contributed by atoms with Crippen LogP contribution in [-0.2, 0) is 0 Å². The lowest BCUT2D eigenvalue weighted by molar-refractivity contribution is 0.432. The Morgan fingerprint density at radius 3 is 2.68 bits per heavy atom. The smallest absolute Gasteiger partial charge is 0.258 e. The lowest BCUT2D eigenvalue weighted by atomic mass is 10.1. The number of nitrogens with one attached hydrogen (secondary N) is 1. The molecule has 0 aliphatic carbocycles. The van der Waals surface area contributed by atoms with Crippen molar-refractivity contribution in [1.29, 1.82) is 0 Å². The van der Waals surface area contributed by atoms with Gasteiger partial charge < -0.3 is 4.52 Å². The monoisotopic (exact) mass is 289 g/mol. The predicted molar refractivity (Wildman–Crippen MR) is 80.5 cm³/mol. The molecule has 0 unspecified atom stereocenters. The van der Waals surface area contributed by atoms with E-state index in [2.05, 4.69) is 25.3 Å². The largest absolute Gasteiger partial charge is 0.334 e. The van der Waals surface area contributed by atoms with Crippen LogP contribution < -0.4 is 0 Å². The first-order chi connectivity index (χ1) is 10.9. The average Bonchev–Trinajstić information content (AvgIpc) is 3.28. The Morgan fingerprint density at radius 1 is 0.955 bits per heavy atom. The van der Waals surface area contributed by atoms with Crippen LogP contribution in [0.5, 0.6) is 0 Å². The van der Waals surface area contributed by atoms with Crippen LogP contribution in [0.4, 0.5) is 0 Å². The Kier molecular flexibility index (Phi) is 2.97. The molecule has 0 bridgehead atoms. The summed E-state index contributed by atoms with van der Waals surface area (Å²) in [5, 5.41) is 11.0. The molecule has 3 heterocycles. The van der Waals surface area contributed by atoms with E-state index in [9.17, 15) is 0 Å². The fourth-order valence-electron chi connectivity index (χ4n) is 2.19. The fourth-order valence-corrected chi connectivity index (χ4v) is 2.19. The number of hydrogen-bond donors (Lipinski definition) is 1. The summed E-state index contributed by atoms with van der Waals surface area (Å²) in [6.07, 6.45) is 5.20. The van der Waals surface area contributed by atoms with E-state index in [1.165, 1.54) is 0 Å². The molecule has 4 aromatic rings. The minimum atomic E-state index is 0.469. The van der Waals surface area contributed by atoms with Crippen molar-refractivity contribution in [2.24, 2.45) is 0 Å². The van der Waals surface area contributed by atoms with E-state index >= 15 is 0 Å². The predicted octanol–water partition coefficient (Wildman–Crippen LogP) is 3.19. The first-order valence-corrected chi connectivity index (χ1v) is 6.75. The number of aromatic nitrogens is 5. The Bertz CT molecular complexity index is 884. The molecule has 1 aromatic carbocycles. The highest BCUT2D eigenvalue weighted by atomic mass is 16.5. The molecule has 0 spiro atoms. The van der Waals surface area contributed by atoms with Gasteiger partial charge in [0.1, 0.15) is 0 Å². The fraction of sp³-hybridized carbons (Fsp3) is 0. The molecule has 0 fully saturated rings. The first kappa shape index (κ1) is 12.5. The molecule has 0 radical (unpaired) electrons. The topological polar surface area (TPSA) is 80.5 Å². The third-order valence-electron chi connectivity index (χ3n) is 3.25. The molecule has 3 aromatic heterocycles. The highest BCUT2D eigenvalue weighted by molar-refractivity contribution is 5.67. The van der Waals surface area contributed by atoms with Crippen molar-refractivity contribution >= 4 is 0 Å². The molecule has 0 amide bonds. The molecule has 4 rings (SSSR count). The molecular formula is C16H11N5O. The van der Waals surface area contributed by atoms with Gasteiger partial charge in [-0.1, -0.05) is 17.3 Å². The van der Waals surface area contributed by atoms with Gasteiger partial charge in [0.25, 0.3) is 5.89 Å². The van der Waals surface area contributed by atoms with Crippen LogP contribution in [0.2, 0.25) is 0 Å². The van der Waals surface area contributed by atoms with Gasteiger partial charge in [0.2, 0.25) is 5.82 Å². The molecule has 0 aliphatic rings. The van der Waals surface area contributed by atoms with Gasteiger partial charge in [-0.3, -0.25) is 10.1 Å². The molecule has 0 saturated carbocycles. The molecule has 0 saturated heterocycles. The highest BCUT2D eigenvalue weighted by Gasteiger charge is 2.11. The van der Waals surface area contributed by atoms with Crippen LogP contribution in [0.3, 0.4) is 0 Å². The number of hydrogen-bond acceptors (Lipinski definition) is 5. The van der Waals surface area contributed by atoms with Gasteiger partial charge in [0.05, 0.1) is 5.69 Å². The Balaban J connectivity index is 1.71. The SMILES string of the molecule is c1cncc(-c2noc(-c3cccc(-c4cc[nH]n4)c3)n2)c1. The molecule has 6 heteroatoms. The van der Waals surface area contributed by atoms with Gasteiger partial charge in [-0.15, -0.1) is 0 Å². The first-order valence-electron chi connectivity index (χ1n) is 6.75. The van der Waals surface area contributed by atoms with Crippen LogP contribution in [0.15, 0.2) is 65.6 Å². The van der Waals surface area contributed by atoms with Gasteiger partial charge in [-0.05, 0) is 30.3 Å². The number of pyridine rings is 1. The third-order valence-corrected chi connectivity index (χ3v) is 3.25. The Hall–Kier alpha value is -3.28. The van der Waals surface area contributed by atoms with E-state index in [-0.39, 0.29) is 0 Å². The summed E-state index contributed by atoms with van der Waals surface area (Å²) in [4.78, 5) is 8.48. The summed E-state index contributed by atoms with van der Waals surface area (Å²) in [5.41, 5.74) is 3.53. The second-order valence-electron chi connectivity index (χ2n) is 4.71. The van der Waals surface area contributed by atoms with Gasteiger partial charge in [-0.25, -0.2) is 0 Å². The summed E-state index contributed by atoms with van der Waals surface area (Å²) in [7, 11) is 0. The summed E-state index contributed by atoms with van der Waals surface area (Å²) in [5.74, 6) is 0.990. The number of H-pyrrole nitrogens is 1. The van der Waals surface area contributed by atoms with Gasteiger partial charge in [-0.2, -0.15) is 10.1 Å². The van der Waals surface area contributed by atoms with Crippen molar-refractivity contribution in [1.82, 2.24) is 25.3 Å². The molecule has 22 heavy (non-hydrogen) atoms. The zero-order chi connectivity index (χ0) is 14.8. The van der Waals surface area contributed by atoms with E-state index < -0.39 is 0 Å².